The normalized spacial score (nSPS) is 19.2. The zero-order valence-electron chi connectivity index (χ0n) is 17.5. The number of benzene rings is 3. The minimum absolute atomic E-state index is 0.443. The van der Waals surface area contributed by atoms with Gasteiger partial charge in [0, 0.05) is 23.0 Å². The molecule has 0 aliphatic heterocycles. The summed E-state index contributed by atoms with van der Waals surface area (Å²) >= 11 is 0. The van der Waals surface area contributed by atoms with Crippen LogP contribution in [0.4, 0.5) is 11.4 Å². The monoisotopic (exact) mass is 389 g/mol. The molecular formula is C29H27N. The molecule has 148 valence electrons. The van der Waals surface area contributed by atoms with Crippen molar-refractivity contribution in [3.05, 3.63) is 126 Å². The predicted molar refractivity (Wildman–Crippen MR) is 128 cm³/mol. The van der Waals surface area contributed by atoms with E-state index >= 15 is 0 Å². The van der Waals surface area contributed by atoms with Crippen molar-refractivity contribution in [3.63, 3.8) is 0 Å². The topological polar surface area (TPSA) is 3.24 Å². The van der Waals surface area contributed by atoms with Gasteiger partial charge in [0.05, 0.1) is 0 Å². The van der Waals surface area contributed by atoms with E-state index in [2.05, 4.69) is 115 Å². The first-order chi connectivity index (χ1) is 14.8. The summed E-state index contributed by atoms with van der Waals surface area (Å²) in [5.41, 5.74) is 9.62. The summed E-state index contributed by atoms with van der Waals surface area (Å²) in [6.07, 6.45) is 10.5. The van der Waals surface area contributed by atoms with E-state index in [1.807, 2.05) is 0 Å². The van der Waals surface area contributed by atoms with Crippen LogP contribution in [0.25, 0.3) is 5.57 Å². The molecule has 0 spiro atoms. The minimum Gasteiger partial charge on any atom is -0.314 e. The van der Waals surface area contributed by atoms with Crippen molar-refractivity contribution in [2.24, 2.45) is 5.92 Å². The summed E-state index contributed by atoms with van der Waals surface area (Å²) in [5.74, 6) is 0.443. The highest BCUT2D eigenvalue weighted by Gasteiger charge is 2.23. The standard InChI is InChI=1S/C29H27N/c1-22-20-23(21-25-18-17-24-10-8-9-15-28(24)25)16-19-29(22)30(26-11-4-2-5-12-26)27-13-6-3-7-14-27/h2-16,19,21-22H,17-18,20H2,1H3/b25-21-. The molecule has 0 saturated carbocycles. The predicted octanol–water partition coefficient (Wildman–Crippen LogP) is 7.70. The SMILES string of the molecule is CC1CC(/C=C2/CCc3ccccc32)=CC=C1N(c1ccccc1)c1ccccc1. The highest BCUT2D eigenvalue weighted by molar-refractivity contribution is 5.75. The molecule has 1 atom stereocenters. The molecule has 0 amide bonds. The highest BCUT2D eigenvalue weighted by atomic mass is 15.2. The van der Waals surface area contributed by atoms with Crippen LogP contribution in [-0.4, -0.2) is 0 Å². The summed E-state index contributed by atoms with van der Waals surface area (Å²) in [6, 6.07) is 30.2. The van der Waals surface area contributed by atoms with Gasteiger partial charge in [0.15, 0.2) is 0 Å². The molecule has 1 nitrogen and oxygen atoms in total. The summed E-state index contributed by atoms with van der Waals surface area (Å²) < 4.78 is 0. The fraction of sp³-hybridized carbons (Fsp3) is 0.172. The Morgan fingerprint density at radius 2 is 1.37 bits per heavy atom. The fourth-order valence-electron chi connectivity index (χ4n) is 4.72. The molecule has 5 rings (SSSR count). The summed E-state index contributed by atoms with van der Waals surface area (Å²) in [7, 11) is 0. The van der Waals surface area contributed by atoms with Crippen LogP contribution < -0.4 is 4.90 Å². The average Bonchev–Trinajstić information content (AvgIpc) is 3.20. The molecule has 30 heavy (non-hydrogen) atoms. The second-order valence-corrected chi connectivity index (χ2v) is 8.27. The Balaban J connectivity index is 1.51. The van der Waals surface area contributed by atoms with Gasteiger partial charge in [-0.25, -0.2) is 0 Å². The Labute approximate surface area is 179 Å². The van der Waals surface area contributed by atoms with Crippen LogP contribution >= 0.6 is 0 Å². The number of rotatable bonds is 4. The largest absolute Gasteiger partial charge is 0.314 e. The molecule has 2 aliphatic carbocycles. The Morgan fingerprint density at radius 3 is 2.03 bits per heavy atom. The van der Waals surface area contributed by atoms with Crippen LogP contribution in [0.15, 0.2) is 114 Å². The van der Waals surface area contributed by atoms with E-state index < -0.39 is 0 Å². The van der Waals surface area contributed by atoms with Crippen molar-refractivity contribution < 1.29 is 0 Å². The number of para-hydroxylation sites is 2. The van der Waals surface area contributed by atoms with Crippen molar-refractivity contribution >= 4 is 16.9 Å². The molecule has 0 heterocycles. The number of fused-ring (bicyclic) bond motifs is 1. The first kappa shape index (κ1) is 18.7. The first-order valence-corrected chi connectivity index (χ1v) is 10.9. The van der Waals surface area contributed by atoms with Crippen molar-refractivity contribution in [2.75, 3.05) is 4.90 Å². The Morgan fingerprint density at radius 1 is 0.733 bits per heavy atom. The Hall–Kier alpha value is -3.32. The third-order valence-electron chi connectivity index (χ3n) is 6.19. The smallest absolute Gasteiger partial charge is 0.0458 e. The van der Waals surface area contributed by atoms with Crippen LogP contribution in [0.2, 0.25) is 0 Å². The van der Waals surface area contributed by atoms with E-state index in [1.165, 1.54) is 45.8 Å². The van der Waals surface area contributed by atoms with Crippen LogP contribution in [0.3, 0.4) is 0 Å². The van der Waals surface area contributed by atoms with Crippen LogP contribution in [0.5, 0.6) is 0 Å². The molecule has 3 aromatic carbocycles. The lowest BCUT2D eigenvalue weighted by Gasteiger charge is -2.33. The molecule has 0 radical (unpaired) electrons. The number of hydrogen-bond acceptors (Lipinski definition) is 1. The van der Waals surface area contributed by atoms with Crippen molar-refractivity contribution in [1.82, 2.24) is 0 Å². The van der Waals surface area contributed by atoms with Crippen LogP contribution in [0.1, 0.15) is 30.9 Å². The first-order valence-electron chi connectivity index (χ1n) is 10.9. The number of aryl methyl sites for hydroxylation is 1. The summed E-state index contributed by atoms with van der Waals surface area (Å²) in [5, 5.41) is 0. The Kier molecular flexibility index (Phi) is 5.11. The van der Waals surface area contributed by atoms with E-state index in [0.29, 0.717) is 5.92 Å². The molecule has 0 N–H and O–H groups in total. The average molecular weight is 390 g/mol. The zero-order valence-corrected chi connectivity index (χ0v) is 17.5. The number of nitrogens with zero attached hydrogens (tertiary/aromatic N) is 1. The van der Waals surface area contributed by atoms with Gasteiger partial charge in [-0.3, -0.25) is 0 Å². The van der Waals surface area contributed by atoms with E-state index in [4.69, 9.17) is 0 Å². The molecule has 0 saturated heterocycles. The van der Waals surface area contributed by atoms with Gasteiger partial charge in [-0.05, 0) is 71.9 Å². The maximum Gasteiger partial charge on any atom is 0.0458 e. The van der Waals surface area contributed by atoms with E-state index in [0.717, 1.165) is 12.8 Å². The molecule has 1 heteroatoms. The third kappa shape index (κ3) is 3.64. The van der Waals surface area contributed by atoms with E-state index in [9.17, 15) is 0 Å². The maximum absolute atomic E-state index is 2.44. The molecule has 0 bridgehead atoms. The quantitative estimate of drug-likeness (QED) is 0.442. The third-order valence-corrected chi connectivity index (χ3v) is 6.19. The second kappa shape index (κ2) is 8.20. The van der Waals surface area contributed by atoms with E-state index in [-0.39, 0.29) is 0 Å². The zero-order chi connectivity index (χ0) is 20.3. The van der Waals surface area contributed by atoms with Gasteiger partial charge < -0.3 is 4.90 Å². The van der Waals surface area contributed by atoms with Gasteiger partial charge in [-0.1, -0.05) is 79.7 Å². The molecule has 3 aromatic rings. The number of hydrogen-bond donors (Lipinski definition) is 0. The van der Waals surface area contributed by atoms with Crippen LogP contribution in [0, 0.1) is 5.92 Å². The van der Waals surface area contributed by atoms with Gasteiger partial charge >= 0.3 is 0 Å². The summed E-state index contributed by atoms with van der Waals surface area (Å²) in [4.78, 5) is 2.40. The highest BCUT2D eigenvalue weighted by Crippen LogP contribution is 2.39. The lowest BCUT2D eigenvalue weighted by molar-refractivity contribution is 0.655. The summed E-state index contributed by atoms with van der Waals surface area (Å²) in [6.45, 7) is 2.35. The van der Waals surface area contributed by atoms with Gasteiger partial charge in [0.1, 0.15) is 0 Å². The van der Waals surface area contributed by atoms with E-state index in [1.54, 1.807) is 0 Å². The minimum atomic E-state index is 0.443. The number of allylic oxidation sites excluding steroid dienone is 6. The van der Waals surface area contributed by atoms with Gasteiger partial charge in [-0.2, -0.15) is 0 Å². The van der Waals surface area contributed by atoms with Gasteiger partial charge in [0.2, 0.25) is 0 Å². The van der Waals surface area contributed by atoms with Gasteiger partial charge in [0.25, 0.3) is 0 Å². The Bertz CT molecular complexity index is 1080. The maximum atomic E-state index is 2.44. The van der Waals surface area contributed by atoms with Gasteiger partial charge in [-0.15, -0.1) is 0 Å². The molecule has 2 aliphatic rings. The fourth-order valence-corrected chi connectivity index (χ4v) is 4.72. The molecule has 0 fully saturated rings. The van der Waals surface area contributed by atoms with Crippen molar-refractivity contribution in [2.45, 2.75) is 26.2 Å². The molecule has 0 aromatic heterocycles. The van der Waals surface area contributed by atoms with Crippen molar-refractivity contribution in [1.29, 1.82) is 0 Å². The second-order valence-electron chi connectivity index (χ2n) is 8.27. The lowest BCUT2D eigenvalue weighted by atomic mass is 9.89. The molecule has 1 unspecified atom stereocenters. The molecular weight excluding hydrogens is 362 g/mol. The lowest BCUT2D eigenvalue weighted by Crippen LogP contribution is -2.23. The number of anilines is 2. The van der Waals surface area contributed by atoms with Crippen molar-refractivity contribution in [3.8, 4) is 0 Å². The van der Waals surface area contributed by atoms with Crippen LogP contribution in [-0.2, 0) is 6.42 Å².